The van der Waals surface area contributed by atoms with Gasteiger partial charge in [-0.25, -0.2) is 0 Å². The van der Waals surface area contributed by atoms with E-state index in [0.29, 0.717) is 17.5 Å². The summed E-state index contributed by atoms with van der Waals surface area (Å²) in [4.78, 5) is 16.2. The third kappa shape index (κ3) is 2.26. The van der Waals surface area contributed by atoms with Crippen molar-refractivity contribution in [2.24, 2.45) is 0 Å². The second-order valence-corrected chi connectivity index (χ2v) is 6.51. The maximum Gasteiger partial charge on any atom is 0.238 e. The second kappa shape index (κ2) is 5.05. The summed E-state index contributed by atoms with van der Waals surface area (Å²) in [7, 11) is 0. The highest BCUT2D eigenvalue weighted by molar-refractivity contribution is 8.00. The van der Waals surface area contributed by atoms with Gasteiger partial charge in [0.25, 0.3) is 0 Å². The van der Waals surface area contributed by atoms with Crippen LogP contribution >= 0.6 is 11.8 Å². The van der Waals surface area contributed by atoms with Crippen LogP contribution in [-0.4, -0.2) is 27.4 Å². The van der Waals surface area contributed by atoms with Crippen molar-refractivity contribution >= 4 is 17.5 Å². The van der Waals surface area contributed by atoms with Crippen LogP contribution in [0.25, 0.3) is 0 Å². The first kappa shape index (κ1) is 13.4. The van der Waals surface area contributed by atoms with Crippen molar-refractivity contribution in [3.63, 3.8) is 0 Å². The Balaban J connectivity index is 1.91. The molecular formula is C15H16N2O2S. The molecule has 104 valence electrons. The number of aromatic nitrogens is 2. The molecule has 0 aliphatic carbocycles. The van der Waals surface area contributed by atoms with E-state index in [1.54, 1.807) is 11.8 Å². The Hall–Kier alpha value is -1.62. The maximum atomic E-state index is 11.8. The number of hydrogen-bond donors (Lipinski definition) is 0. The molecule has 1 aromatic heterocycles. The van der Waals surface area contributed by atoms with Crippen molar-refractivity contribution in [2.75, 3.05) is 11.5 Å². The third-order valence-electron chi connectivity index (χ3n) is 3.71. The number of Topliss-reactive ketones (excluding diaryl/α,β-unsaturated/α-hetero) is 1. The predicted molar refractivity (Wildman–Crippen MR) is 77.9 cm³/mol. The number of benzene rings is 1. The van der Waals surface area contributed by atoms with E-state index in [4.69, 9.17) is 4.52 Å². The van der Waals surface area contributed by atoms with Crippen molar-refractivity contribution in [1.29, 1.82) is 0 Å². The molecule has 3 rings (SSSR count). The number of rotatable bonds is 3. The van der Waals surface area contributed by atoms with Gasteiger partial charge < -0.3 is 4.52 Å². The Morgan fingerprint density at radius 3 is 2.70 bits per heavy atom. The molecule has 0 spiro atoms. The SMILES string of the molecule is CC(C)(c1ccccc1)c1noc(C2CSCC2=O)n1. The molecule has 1 fully saturated rings. The Kier molecular flexibility index (Phi) is 3.38. The molecule has 4 nitrogen and oxygen atoms in total. The molecule has 0 amide bonds. The van der Waals surface area contributed by atoms with Gasteiger partial charge in [0.15, 0.2) is 11.6 Å². The smallest absolute Gasteiger partial charge is 0.238 e. The van der Waals surface area contributed by atoms with Crippen LogP contribution in [0.2, 0.25) is 0 Å². The summed E-state index contributed by atoms with van der Waals surface area (Å²) >= 11 is 1.62. The topological polar surface area (TPSA) is 56.0 Å². The fourth-order valence-corrected chi connectivity index (χ4v) is 3.38. The summed E-state index contributed by atoms with van der Waals surface area (Å²) in [6.07, 6.45) is 0. The van der Waals surface area contributed by atoms with Crippen LogP contribution in [0, 0.1) is 0 Å². The van der Waals surface area contributed by atoms with Crippen molar-refractivity contribution in [2.45, 2.75) is 25.2 Å². The first-order valence-electron chi connectivity index (χ1n) is 6.59. The highest BCUT2D eigenvalue weighted by atomic mass is 32.2. The molecule has 1 aromatic carbocycles. The van der Waals surface area contributed by atoms with Gasteiger partial charge in [-0.15, -0.1) is 0 Å². The number of hydrogen-bond acceptors (Lipinski definition) is 5. The highest BCUT2D eigenvalue weighted by Gasteiger charge is 2.34. The first-order valence-corrected chi connectivity index (χ1v) is 7.74. The zero-order valence-corrected chi connectivity index (χ0v) is 12.3. The monoisotopic (exact) mass is 288 g/mol. The summed E-state index contributed by atoms with van der Waals surface area (Å²) < 4.78 is 5.33. The third-order valence-corrected chi connectivity index (χ3v) is 4.77. The summed E-state index contributed by atoms with van der Waals surface area (Å²) in [5.74, 6) is 2.33. The van der Waals surface area contributed by atoms with Crippen LogP contribution in [0.1, 0.15) is 37.0 Å². The molecule has 2 heterocycles. The van der Waals surface area contributed by atoms with E-state index in [1.165, 1.54) is 0 Å². The Labute approximate surface area is 122 Å². The largest absolute Gasteiger partial charge is 0.338 e. The van der Waals surface area contributed by atoms with Gasteiger partial charge in [-0.05, 0) is 19.4 Å². The molecule has 1 saturated heterocycles. The lowest BCUT2D eigenvalue weighted by Crippen LogP contribution is -2.21. The van der Waals surface area contributed by atoms with E-state index in [1.807, 2.05) is 30.3 Å². The van der Waals surface area contributed by atoms with Gasteiger partial charge in [-0.1, -0.05) is 35.5 Å². The van der Waals surface area contributed by atoms with E-state index in [0.717, 1.165) is 11.3 Å². The van der Waals surface area contributed by atoms with E-state index < -0.39 is 0 Å². The van der Waals surface area contributed by atoms with Gasteiger partial charge in [-0.3, -0.25) is 4.79 Å². The first-order chi connectivity index (χ1) is 9.59. The summed E-state index contributed by atoms with van der Waals surface area (Å²) in [6.45, 7) is 4.12. The number of carbonyl (C=O) groups excluding carboxylic acids is 1. The molecule has 2 aromatic rings. The lowest BCUT2D eigenvalue weighted by atomic mass is 9.84. The molecule has 1 unspecified atom stereocenters. The maximum absolute atomic E-state index is 11.8. The Morgan fingerprint density at radius 2 is 2.05 bits per heavy atom. The number of thioether (sulfide) groups is 1. The molecule has 20 heavy (non-hydrogen) atoms. The van der Waals surface area contributed by atoms with Gasteiger partial charge in [0.05, 0.1) is 11.2 Å². The van der Waals surface area contributed by atoms with Crippen molar-refractivity contribution in [3.8, 4) is 0 Å². The average molecular weight is 288 g/mol. The number of nitrogens with zero attached hydrogens (tertiary/aromatic N) is 2. The molecular weight excluding hydrogens is 272 g/mol. The Morgan fingerprint density at radius 1 is 1.30 bits per heavy atom. The molecule has 0 bridgehead atoms. The molecule has 1 aliphatic heterocycles. The molecule has 0 N–H and O–H groups in total. The fourth-order valence-electron chi connectivity index (χ4n) is 2.29. The number of carbonyl (C=O) groups is 1. The summed E-state index contributed by atoms with van der Waals surface area (Å²) in [5.41, 5.74) is 0.789. The van der Waals surface area contributed by atoms with Crippen LogP contribution in [0.3, 0.4) is 0 Å². The number of ketones is 1. The van der Waals surface area contributed by atoms with Gasteiger partial charge in [0.2, 0.25) is 5.89 Å². The zero-order valence-electron chi connectivity index (χ0n) is 11.5. The second-order valence-electron chi connectivity index (χ2n) is 5.48. The molecule has 5 heteroatoms. The average Bonchev–Trinajstić information content (AvgIpc) is 3.08. The summed E-state index contributed by atoms with van der Waals surface area (Å²) in [6, 6.07) is 10.1. The normalized spacial score (nSPS) is 19.5. The van der Waals surface area contributed by atoms with Gasteiger partial charge in [-0.2, -0.15) is 16.7 Å². The lowest BCUT2D eigenvalue weighted by Gasteiger charge is -2.20. The van der Waals surface area contributed by atoms with E-state index >= 15 is 0 Å². The van der Waals surface area contributed by atoms with E-state index in [-0.39, 0.29) is 17.1 Å². The van der Waals surface area contributed by atoms with Crippen molar-refractivity contribution in [1.82, 2.24) is 10.1 Å². The van der Waals surface area contributed by atoms with Crippen LogP contribution < -0.4 is 0 Å². The van der Waals surface area contributed by atoms with Gasteiger partial charge in [0, 0.05) is 5.75 Å². The van der Waals surface area contributed by atoms with Crippen molar-refractivity contribution in [3.05, 3.63) is 47.6 Å². The van der Waals surface area contributed by atoms with E-state index in [2.05, 4.69) is 24.0 Å². The van der Waals surface area contributed by atoms with Gasteiger partial charge in [0.1, 0.15) is 5.92 Å². The van der Waals surface area contributed by atoms with E-state index in [9.17, 15) is 4.79 Å². The molecule has 1 aliphatic rings. The summed E-state index contributed by atoms with van der Waals surface area (Å²) in [5, 5.41) is 4.10. The van der Waals surface area contributed by atoms with Gasteiger partial charge >= 0.3 is 0 Å². The lowest BCUT2D eigenvalue weighted by molar-refractivity contribution is -0.117. The zero-order chi connectivity index (χ0) is 14.2. The minimum atomic E-state index is -0.336. The standard InChI is InChI=1S/C15H16N2O2S/c1-15(2,10-6-4-3-5-7-10)14-16-13(19-17-14)11-8-20-9-12(11)18/h3-7,11H,8-9H2,1-2H3. The quantitative estimate of drug-likeness (QED) is 0.869. The van der Waals surface area contributed by atoms with Crippen molar-refractivity contribution < 1.29 is 9.32 Å². The Bertz CT molecular complexity index is 622. The minimum absolute atomic E-state index is 0.183. The highest BCUT2D eigenvalue weighted by Crippen LogP contribution is 2.32. The molecule has 1 atom stereocenters. The molecule has 0 radical (unpaired) electrons. The molecule has 0 saturated carbocycles. The van der Waals surface area contributed by atoms with Crippen LogP contribution in [0.15, 0.2) is 34.9 Å². The van der Waals surface area contributed by atoms with Crippen LogP contribution in [-0.2, 0) is 10.2 Å². The van der Waals surface area contributed by atoms with Crippen LogP contribution in [0.4, 0.5) is 0 Å². The van der Waals surface area contributed by atoms with Crippen LogP contribution in [0.5, 0.6) is 0 Å². The minimum Gasteiger partial charge on any atom is -0.338 e. The fraction of sp³-hybridized carbons (Fsp3) is 0.400. The predicted octanol–water partition coefficient (Wildman–Crippen LogP) is 2.80.